The molecule has 12 heavy (non-hydrogen) atoms. The Bertz CT molecular complexity index is 124. The van der Waals surface area contributed by atoms with E-state index in [1.54, 1.807) is 11.9 Å². The largest absolute Gasteiger partial charge is 0.353 e. The van der Waals surface area contributed by atoms with Crippen molar-refractivity contribution in [2.24, 2.45) is 5.73 Å². The van der Waals surface area contributed by atoms with Gasteiger partial charge in [-0.1, -0.05) is 18.9 Å². The van der Waals surface area contributed by atoms with Crippen LogP contribution in [0.15, 0.2) is 0 Å². The second kappa shape index (κ2) is 5.80. The third-order valence-electron chi connectivity index (χ3n) is 1.80. The lowest BCUT2D eigenvalue weighted by atomic mass is 10.2. The van der Waals surface area contributed by atoms with Crippen LogP contribution in [0.4, 0.5) is 0 Å². The molecule has 0 bridgehead atoms. The third-order valence-corrected chi connectivity index (χ3v) is 2.82. The van der Waals surface area contributed by atoms with Gasteiger partial charge in [0, 0.05) is 12.3 Å². The third kappa shape index (κ3) is 4.30. The van der Waals surface area contributed by atoms with E-state index in [-0.39, 0.29) is 6.23 Å². The SMILES string of the molecule is CCCSNCCCC1OC1N. The minimum absolute atomic E-state index is 0.0355. The summed E-state index contributed by atoms with van der Waals surface area (Å²) in [5.74, 6) is 1.19. The van der Waals surface area contributed by atoms with Crippen LogP contribution in [0.3, 0.4) is 0 Å². The smallest absolute Gasteiger partial charge is 0.132 e. The summed E-state index contributed by atoms with van der Waals surface area (Å²) in [4.78, 5) is 0. The highest BCUT2D eigenvalue weighted by Crippen LogP contribution is 2.21. The molecule has 2 unspecified atom stereocenters. The van der Waals surface area contributed by atoms with Crippen LogP contribution in [0, 0.1) is 0 Å². The molecule has 0 aromatic heterocycles. The van der Waals surface area contributed by atoms with Gasteiger partial charge in [0.2, 0.25) is 0 Å². The molecule has 0 amide bonds. The average Bonchev–Trinajstić information content (AvgIpc) is 2.74. The molecular weight excluding hydrogens is 172 g/mol. The molecule has 72 valence electrons. The Labute approximate surface area is 78.5 Å². The summed E-state index contributed by atoms with van der Waals surface area (Å²) in [6.07, 6.45) is 3.88. The van der Waals surface area contributed by atoms with Crippen LogP contribution in [-0.4, -0.2) is 24.6 Å². The molecule has 0 aliphatic carbocycles. The van der Waals surface area contributed by atoms with Crippen molar-refractivity contribution in [3.05, 3.63) is 0 Å². The van der Waals surface area contributed by atoms with Crippen LogP contribution in [0.1, 0.15) is 26.2 Å². The standard InChI is InChI=1S/C8H18N2OS/c1-2-6-12-10-5-3-4-7-8(9)11-7/h7-8,10H,2-6,9H2,1H3. The zero-order chi connectivity index (χ0) is 8.81. The first kappa shape index (κ1) is 10.3. The van der Waals surface area contributed by atoms with Crippen LogP contribution < -0.4 is 10.5 Å². The first-order valence-electron chi connectivity index (χ1n) is 4.60. The quantitative estimate of drug-likeness (QED) is 0.358. The Hall–Kier alpha value is 0.230. The zero-order valence-electron chi connectivity index (χ0n) is 7.58. The summed E-state index contributed by atoms with van der Waals surface area (Å²) < 4.78 is 8.39. The van der Waals surface area contributed by atoms with Gasteiger partial charge in [-0.05, 0) is 19.3 Å². The van der Waals surface area contributed by atoms with Gasteiger partial charge in [-0.25, -0.2) is 0 Å². The normalized spacial score (nSPS) is 27.5. The van der Waals surface area contributed by atoms with Gasteiger partial charge in [0.1, 0.15) is 6.23 Å². The summed E-state index contributed by atoms with van der Waals surface area (Å²) in [5, 5.41) is 0. The van der Waals surface area contributed by atoms with Crippen molar-refractivity contribution in [2.45, 2.75) is 38.5 Å². The lowest BCUT2D eigenvalue weighted by Gasteiger charge is -2.00. The van der Waals surface area contributed by atoms with Gasteiger partial charge in [0.25, 0.3) is 0 Å². The van der Waals surface area contributed by atoms with Gasteiger partial charge in [0.15, 0.2) is 0 Å². The van der Waals surface area contributed by atoms with Crippen LogP contribution in [-0.2, 0) is 4.74 Å². The summed E-state index contributed by atoms with van der Waals surface area (Å²) >= 11 is 1.80. The first-order valence-corrected chi connectivity index (χ1v) is 5.59. The van der Waals surface area contributed by atoms with Crippen molar-refractivity contribution in [3.63, 3.8) is 0 Å². The Kier molecular flexibility index (Phi) is 4.99. The average molecular weight is 190 g/mol. The van der Waals surface area contributed by atoms with Crippen molar-refractivity contribution in [1.29, 1.82) is 0 Å². The number of hydrogen-bond donors (Lipinski definition) is 2. The van der Waals surface area contributed by atoms with E-state index in [0.717, 1.165) is 19.4 Å². The summed E-state index contributed by atoms with van der Waals surface area (Å²) in [7, 11) is 0. The monoisotopic (exact) mass is 190 g/mol. The molecule has 1 aliphatic heterocycles. The van der Waals surface area contributed by atoms with Gasteiger partial charge < -0.3 is 10.5 Å². The van der Waals surface area contributed by atoms with Crippen molar-refractivity contribution >= 4 is 11.9 Å². The molecule has 1 rings (SSSR count). The van der Waals surface area contributed by atoms with Crippen molar-refractivity contribution in [2.75, 3.05) is 12.3 Å². The minimum atomic E-state index is 0.0355. The molecule has 1 aliphatic rings. The van der Waals surface area contributed by atoms with Crippen molar-refractivity contribution < 1.29 is 4.74 Å². The van der Waals surface area contributed by atoms with E-state index in [0.29, 0.717) is 6.10 Å². The Morgan fingerprint density at radius 2 is 2.33 bits per heavy atom. The number of ether oxygens (including phenoxy) is 1. The van der Waals surface area contributed by atoms with Crippen LogP contribution >= 0.6 is 11.9 Å². The molecule has 0 aromatic rings. The highest BCUT2D eigenvalue weighted by atomic mass is 32.2. The van der Waals surface area contributed by atoms with E-state index in [2.05, 4.69) is 11.6 Å². The van der Waals surface area contributed by atoms with Crippen LogP contribution in [0.25, 0.3) is 0 Å². The first-order chi connectivity index (χ1) is 5.84. The number of nitrogens with one attached hydrogen (secondary N) is 1. The molecule has 3 N–H and O–H groups in total. The molecule has 2 atom stereocenters. The predicted molar refractivity (Wildman–Crippen MR) is 52.8 cm³/mol. The number of epoxide rings is 1. The maximum atomic E-state index is 5.48. The molecule has 1 heterocycles. The Morgan fingerprint density at radius 1 is 1.58 bits per heavy atom. The minimum Gasteiger partial charge on any atom is -0.353 e. The molecule has 0 aromatic carbocycles. The van der Waals surface area contributed by atoms with Crippen molar-refractivity contribution in [1.82, 2.24) is 4.72 Å². The Balaban J connectivity index is 1.72. The van der Waals surface area contributed by atoms with E-state index in [1.807, 2.05) is 0 Å². The van der Waals surface area contributed by atoms with Crippen LogP contribution in [0.2, 0.25) is 0 Å². The Morgan fingerprint density at radius 3 is 2.92 bits per heavy atom. The molecule has 0 radical (unpaired) electrons. The lowest BCUT2D eigenvalue weighted by Crippen LogP contribution is -2.10. The molecule has 0 saturated carbocycles. The maximum Gasteiger partial charge on any atom is 0.132 e. The van der Waals surface area contributed by atoms with Gasteiger partial charge in [0.05, 0.1) is 6.10 Å². The summed E-state index contributed by atoms with van der Waals surface area (Å²) in [6, 6.07) is 0. The molecule has 1 fully saturated rings. The summed E-state index contributed by atoms with van der Waals surface area (Å²) in [5.41, 5.74) is 5.48. The maximum absolute atomic E-state index is 5.48. The van der Waals surface area contributed by atoms with E-state index < -0.39 is 0 Å². The topological polar surface area (TPSA) is 50.6 Å². The number of rotatable bonds is 7. The van der Waals surface area contributed by atoms with E-state index >= 15 is 0 Å². The van der Waals surface area contributed by atoms with Gasteiger partial charge in [-0.2, -0.15) is 0 Å². The fourth-order valence-corrected chi connectivity index (χ4v) is 1.65. The highest BCUT2D eigenvalue weighted by molar-refractivity contribution is 7.97. The predicted octanol–water partition coefficient (Wildman–Crippen LogP) is 1.10. The van der Waals surface area contributed by atoms with Gasteiger partial charge in [-0.15, -0.1) is 0 Å². The molecule has 1 saturated heterocycles. The van der Waals surface area contributed by atoms with E-state index in [4.69, 9.17) is 10.5 Å². The van der Waals surface area contributed by atoms with E-state index in [9.17, 15) is 0 Å². The molecule has 3 nitrogen and oxygen atoms in total. The van der Waals surface area contributed by atoms with Crippen LogP contribution in [0.5, 0.6) is 0 Å². The number of nitrogens with two attached hydrogens (primary N) is 1. The van der Waals surface area contributed by atoms with Crippen molar-refractivity contribution in [3.8, 4) is 0 Å². The lowest BCUT2D eigenvalue weighted by molar-refractivity contribution is 0.363. The molecule has 0 spiro atoms. The second-order valence-corrected chi connectivity index (χ2v) is 4.01. The fourth-order valence-electron chi connectivity index (χ4n) is 1.01. The highest BCUT2D eigenvalue weighted by Gasteiger charge is 2.33. The summed E-state index contributed by atoms with van der Waals surface area (Å²) in [6.45, 7) is 3.25. The fraction of sp³-hybridized carbons (Fsp3) is 1.00. The molecular formula is C8H18N2OS. The van der Waals surface area contributed by atoms with Gasteiger partial charge in [-0.3, -0.25) is 4.72 Å². The van der Waals surface area contributed by atoms with Gasteiger partial charge >= 0.3 is 0 Å². The number of hydrogen-bond acceptors (Lipinski definition) is 4. The zero-order valence-corrected chi connectivity index (χ0v) is 8.40. The van der Waals surface area contributed by atoms with E-state index in [1.165, 1.54) is 12.2 Å². The molecule has 4 heteroatoms. The second-order valence-electron chi connectivity index (χ2n) is 3.02.